The first-order valence-electron chi connectivity index (χ1n) is 9.95. The highest BCUT2D eigenvalue weighted by atomic mass is 19.4. The van der Waals surface area contributed by atoms with Gasteiger partial charge in [-0.25, -0.2) is 13.6 Å². The standard InChI is InChI=1S/C23H17F5N4O2/c24-15-4-1-13(2-5-15)11-29-22(33)30-21-18-10-17(7-8-20(18)31-32-21)34-12-14-3-6-16(25)9-19(14)23(26,27)28/h1-10H,11-12H2,(H3,29,30,31,32,33). The molecule has 0 aliphatic carbocycles. The van der Waals surface area contributed by atoms with Crippen molar-refractivity contribution in [3.05, 3.63) is 89.0 Å². The molecule has 0 saturated heterocycles. The summed E-state index contributed by atoms with van der Waals surface area (Å²) in [6, 6.07) is 12.1. The van der Waals surface area contributed by atoms with Crippen molar-refractivity contribution >= 4 is 22.8 Å². The fraction of sp³-hybridized carbons (Fsp3) is 0.130. The van der Waals surface area contributed by atoms with Gasteiger partial charge in [-0.05, 0) is 48.0 Å². The Morgan fingerprint density at radius 1 is 0.971 bits per heavy atom. The van der Waals surface area contributed by atoms with Crippen LogP contribution in [0.4, 0.5) is 32.6 Å². The van der Waals surface area contributed by atoms with Gasteiger partial charge in [0.15, 0.2) is 5.82 Å². The van der Waals surface area contributed by atoms with Crippen LogP contribution in [0, 0.1) is 11.6 Å². The van der Waals surface area contributed by atoms with Crippen molar-refractivity contribution < 1.29 is 31.5 Å². The molecule has 34 heavy (non-hydrogen) atoms. The monoisotopic (exact) mass is 476 g/mol. The number of alkyl halides is 3. The number of anilines is 1. The molecule has 0 aliphatic heterocycles. The number of nitrogens with one attached hydrogen (secondary N) is 3. The van der Waals surface area contributed by atoms with E-state index >= 15 is 0 Å². The van der Waals surface area contributed by atoms with E-state index in [1.165, 1.54) is 36.4 Å². The van der Waals surface area contributed by atoms with Gasteiger partial charge >= 0.3 is 12.2 Å². The molecule has 0 fully saturated rings. The zero-order chi connectivity index (χ0) is 24.3. The molecule has 6 nitrogen and oxygen atoms in total. The topological polar surface area (TPSA) is 79.0 Å². The summed E-state index contributed by atoms with van der Waals surface area (Å²) in [6.07, 6.45) is -4.73. The number of H-pyrrole nitrogens is 1. The summed E-state index contributed by atoms with van der Waals surface area (Å²) >= 11 is 0. The Hall–Kier alpha value is -4.15. The largest absolute Gasteiger partial charge is 0.489 e. The first-order chi connectivity index (χ1) is 16.2. The molecule has 0 atom stereocenters. The summed E-state index contributed by atoms with van der Waals surface area (Å²) in [5.41, 5.74) is -0.0890. The van der Waals surface area contributed by atoms with E-state index in [1.807, 2.05) is 0 Å². The van der Waals surface area contributed by atoms with Gasteiger partial charge in [0.05, 0.1) is 11.1 Å². The van der Waals surface area contributed by atoms with Crippen LogP contribution in [0.5, 0.6) is 5.75 Å². The number of nitrogens with zero attached hydrogens (tertiary/aromatic N) is 1. The SMILES string of the molecule is O=C(NCc1ccc(F)cc1)Nc1n[nH]c2ccc(OCc3ccc(F)cc3C(F)(F)F)cc12. The van der Waals surface area contributed by atoms with E-state index in [-0.39, 0.29) is 29.5 Å². The van der Waals surface area contributed by atoms with Crippen LogP contribution in [0.25, 0.3) is 10.9 Å². The van der Waals surface area contributed by atoms with Crippen molar-refractivity contribution in [2.75, 3.05) is 5.32 Å². The van der Waals surface area contributed by atoms with Crippen LogP contribution in [-0.2, 0) is 19.3 Å². The fourth-order valence-electron chi connectivity index (χ4n) is 3.21. The predicted molar refractivity (Wildman–Crippen MR) is 114 cm³/mol. The molecule has 4 aromatic rings. The number of aromatic nitrogens is 2. The van der Waals surface area contributed by atoms with Crippen LogP contribution < -0.4 is 15.4 Å². The third kappa shape index (κ3) is 5.42. The summed E-state index contributed by atoms with van der Waals surface area (Å²) < 4.78 is 71.3. The molecule has 3 N–H and O–H groups in total. The lowest BCUT2D eigenvalue weighted by Gasteiger charge is -2.14. The van der Waals surface area contributed by atoms with Crippen LogP contribution >= 0.6 is 0 Å². The molecule has 0 bridgehead atoms. The molecule has 0 radical (unpaired) electrons. The third-order valence-corrected chi connectivity index (χ3v) is 4.90. The average Bonchev–Trinajstić information content (AvgIpc) is 3.19. The number of carbonyl (C=O) groups excluding carboxylic acids is 1. The van der Waals surface area contributed by atoms with E-state index in [2.05, 4.69) is 20.8 Å². The highest BCUT2D eigenvalue weighted by molar-refractivity contribution is 5.99. The maximum atomic E-state index is 13.3. The molecule has 0 unspecified atom stereocenters. The number of carbonyl (C=O) groups is 1. The number of aromatic amines is 1. The average molecular weight is 476 g/mol. The highest BCUT2D eigenvalue weighted by Gasteiger charge is 2.33. The number of benzene rings is 3. The maximum Gasteiger partial charge on any atom is 0.416 e. The minimum Gasteiger partial charge on any atom is -0.489 e. The summed E-state index contributed by atoms with van der Waals surface area (Å²) in [6.45, 7) is -0.290. The Morgan fingerprint density at radius 3 is 2.44 bits per heavy atom. The van der Waals surface area contributed by atoms with E-state index < -0.39 is 30.2 Å². The number of halogens is 5. The molecule has 0 spiro atoms. The highest BCUT2D eigenvalue weighted by Crippen LogP contribution is 2.33. The second-order valence-electron chi connectivity index (χ2n) is 7.30. The van der Waals surface area contributed by atoms with E-state index in [9.17, 15) is 26.7 Å². The molecule has 11 heteroatoms. The second-order valence-corrected chi connectivity index (χ2v) is 7.30. The zero-order valence-electron chi connectivity index (χ0n) is 17.3. The van der Waals surface area contributed by atoms with E-state index in [1.54, 1.807) is 6.07 Å². The van der Waals surface area contributed by atoms with Crippen molar-refractivity contribution in [3.8, 4) is 5.75 Å². The quantitative estimate of drug-likeness (QED) is 0.310. The summed E-state index contributed by atoms with van der Waals surface area (Å²) in [5.74, 6) is -0.983. The van der Waals surface area contributed by atoms with E-state index in [0.29, 0.717) is 22.5 Å². The first kappa shape index (κ1) is 23.0. The Balaban J connectivity index is 1.44. The molecule has 0 aliphatic rings. The predicted octanol–water partition coefficient (Wildman–Crippen LogP) is 5.76. The van der Waals surface area contributed by atoms with Gasteiger partial charge < -0.3 is 10.1 Å². The van der Waals surface area contributed by atoms with Crippen molar-refractivity contribution in [1.82, 2.24) is 15.5 Å². The van der Waals surface area contributed by atoms with Gasteiger partial charge in [-0.1, -0.05) is 18.2 Å². The van der Waals surface area contributed by atoms with E-state index in [4.69, 9.17) is 4.74 Å². The molecule has 1 aromatic heterocycles. The lowest BCUT2D eigenvalue weighted by molar-refractivity contribution is -0.138. The first-order valence-corrected chi connectivity index (χ1v) is 9.95. The molecule has 2 amide bonds. The number of hydrogen-bond donors (Lipinski definition) is 3. The number of fused-ring (bicyclic) bond motifs is 1. The normalized spacial score (nSPS) is 11.4. The second kappa shape index (κ2) is 9.38. The van der Waals surface area contributed by atoms with Crippen LogP contribution in [0.2, 0.25) is 0 Å². The molecule has 4 rings (SSSR count). The lowest BCUT2D eigenvalue weighted by Crippen LogP contribution is -2.28. The van der Waals surface area contributed by atoms with Crippen molar-refractivity contribution in [3.63, 3.8) is 0 Å². The van der Waals surface area contributed by atoms with E-state index in [0.717, 1.165) is 12.1 Å². The van der Waals surface area contributed by atoms with Gasteiger partial charge in [0, 0.05) is 17.5 Å². The molecule has 1 heterocycles. The van der Waals surface area contributed by atoms with Gasteiger partial charge in [-0.2, -0.15) is 18.3 Å². The summed E-state index contributed by atoms with van der Waals surface area (Å²) in [5, 5.41) is 12.4. The number of hydrogen-bond acceptors (Lipinski definition) is 3. The van der Waals surface area contributed by atoms with Crippen LogP contribution in [-0.4, -0.2) is 16.2 Å². The van der Waals surface area contributed by atoms with Gasteiger partial charge in [0.2, 0.25) is 0 Å². The van der Waals surface area contributed by atoms with Crippen LogP contribution in [0.1, 0.15) is 16.7 Å². The summed E-state index contributed by atoms with van der Waals surface area (Å²) in [7, 11) is 0. The molecular weight excluding hydrogens is 459 g/mol. The Kier molecular flexibility index (Phi) is 6.35. The van der Waals surface area contributed by atoms with Gasteiger partial charge in [-0.15, -0.1) is 0 Å². The smallest absolute Gasteiger partial charge is 0.416 e. The minimum absolute atomic E-state index is 0.155. The summed E-state index contributed by atoms with van der Waals surface area (Å²) in [4.78, 5) is 12.2. The van der Waals surface area contributed by atoms with Gasteiger partial charge in [0.1, 0.15) is 24.0 Å². The van der Waals surface area contributed by atoms with Gasteiger partial charge in [0.25, 0.3) is 0 Å². The fourth-order valence-corrected chi connectivity index (χ4v) is 3.21. The van der Waals surface area contributed by atoms with Crippen LogP contribution in [0.15, 0.2) is 60.7 Å². The van der Waals surface area contributed by atoms with Crippen molar-refractivity contribution in [2.45, 2.75) is 19.3 Å². The minimum atomic E-state index is -4.73. The molecule has 176 valence electrons. The number of amides is 2. The Morgan fingerprint density at radius 2 is 1.71 bits per heavy atom. The Bertz CT molecular complexity index is 1320. The lowest BCUT2D eigenvalue weighted by atomic mass is 10.1. The molecular formula is C23H17F5N4O2. The third-order valence-electron chi connectivity index (χ3n) is 4.90. The van der Waals surface area contributed by atoms with Crippen molar-refractivity contribution in [2.24, 2.45) is 0 Å². The van der Waals surface area contributed by atoms with Crippen LogP contribution in [0.3, 0.4) is 0 Å². The zero-order valence-corrected chi connectivity index (χ0v) is 17.3. The number of rotatable bonds is 6. The number of ether oxygens (including phenoxy) is 1. The Labute approximate surface area is 189 Å². The van der Waals surface area contributed by atoms with Gasteiger partial charge in [-0.3, -0.25) is 10.4 Å². The molecule has 0 saturated carbocycles. The van der Waals surface area contributed by atoms with Crippen molar-refractivity contribution in [1.29, 1.82) is 0 Å². The molecule has 3 aromatic carbocycles. The maximum absolute atomic E-state index is 13.3. The number of urea groups is 1.